The smallest absolute Gasteiger partial charge is 0.358 e. The maximum absolute atomic E-state index is 10.1. The molecular formula is C5H6N4O2. The van der Waals surface area contributed by atoms with Crippen molar-refractivity contribution in [3.05, 3.63) is 28.4 Å². The van der Waals surface area contributed by atoms with Gasteiger partial charge in [0.2, 0.25) is 0 Å². The van der Waals surface area contributed by atoms with Crippen LogP contribution in [0.1, 0.15) is 0 Å². The van der Waals surface area contributed by atoms with Crippen molar-refractivity contribution in [3.63, 3.8) is 0 Å². The number of hydrogen-bond acceptors (Lipinski definition) is 5. The number of anilines is 1. The normalized spacial score (nSPS) is 9.18. The first-order valence-electron chi connectivity index (χ1n) is 2.81. The van der Waals surface area contributed by atoms with E-state index in [1.807, 2.05) is 0 Å². The first kappa shape index (κ1) is 7.42. The lowest BCUT2D eigenvalue weighted by Crippen LogP contribution is -2.07. The van der Waals surface area contributed by atoms with Gasteiger partial charge in [-0.2, -0.15) is 0 Å². The second kappa shape index (κ2) is 2.93. The van der Waals surface area contributed by atoms with Crippen molar-refractivity contribution >= 4 is 11.5 Å². The van der Waals surface area contributed by atoms with Gasteiger partial charge >= 0.3 is 5.82 Å². The van der Waals surface area contributed by atoms with E-state index in [1.165, 1.54) is 18.3 Å². The van der Waals surface area contributed by atoms with Crippen LogP contribution in [0.5, 0.6) is 0 Å². The molecule has 0 aliphatic rings. The molecule has 0 amide bonds. The summed E-state index contributed by atoms with van der Waals surface area (Å²) in [6.45, 7) is 0. The SMILES string of the molecule is NNc1ccnc([N+](=O)[O-])c1. The van der Waals surface area contributed by atoms with Gasteiger partial charge in [-0.25, -0.2) is 0 Å². The fraction of sp³-hybridized carbons (Fsp3) is 0. The molecule has 0 fully saturated rings. The zero-order valence-electron chi connectivity index (χ0n) is 5.52. The van der Waals surface area contributed by atoms with Crippen molar-refractivity contribution in [1.82, 2.24) is 4.98 Å². The summed E-state index contributed by atoms with van der Waals surface area (Å²) >= 11 is 0. The van der Waals surface area contributed by atoms with Crippen LogP contribution < -0.4 is 11.3 Å². The van der Waals surface area contributed by atoms with Crippen LogP contribution in [0.2, 0.25) is 0 Å². The van der Waals surface area contributed by atoms with Crippen LogP contribution in [0, 0.1) is 10.1 Å². The summed E-state index contributed by atoms with van der Waals surface area (Å²) in [5.74, 6) is 4.80. The Labute approximate surface area is 62.2 Å². The second-order valence-electron chi connectivity index (χ2n) is 1.80. The molecule has 6 heteroatoms. The van der Waals surface area contributed by atoms with Gasteiger partial charge in [0.05, 0.1) is 11.8 Å². The molecule has 11 heavy (non-hydrogen) atoms. The van der Waals surface area contributed by atoms with E-state index in [0.717, 1.165) is 0 Å². The topological polar surface area (TPSA) is 94.1 Å². The zero-order valence-corrected chi connectivity index (χ0v) is 5.52. The Kier molecular flexibility index (Phi) is 1.98. The molecule has 0 unspecified atom stereocenters. The Morgan fingerprint density at radius 1 is 1.73 bits per heavy atom. The van der Waals surface area contributed by atoms with E-state index in [9.17, 15) is 10.1 Å². The Hall–Kier alpha value is -1.69. The lowest BCUT2D eigenvalue weighted by atomic mass is 10.4. The zero-order chi connectivity index (χ0) is 8.27. The summed E-state index contributed by atoms with van der Waals surface area (Å²) in [6.07, 6.45) is 1.31. The highest BCUT2D eigenvalue weighted by Crippen LogP contribution is 2.11. The molecular weight excluding hydrogens is 148 g/mol. The Balaban J connectivity index is 3.01. The van der Waals surface area contributed by atoms with Crippen molar-refractivity contribution in [1.29, 1.82) is 0 Å². The minimum Gasteiger partial charge on any atom is -0.358 e. The van der Waals surface area contributed by atoms with Gasteiger partial charge in [0.25, 0.3) is 0 Å². The Morgan fingerprint density at radius 3 is 3.00 bits per heavy atom. The number of hydrogen-bond donors (Lipinski definition) is 2. The van der Waals surface area contributed by atoms with Gasteiger partial charge in [-0.15, -0.1) is 0 Å². The third-order valence-corrected chi connectivity index (χ3v) is 1.10. The van der Waals surface area contributed by atoms with Crippen molar-refractivity contribution in [2.24, 2.45) is 5.84 Å². The summed E-state index contributed by atoms with van der Waals surface area (Å²) in [6, 6.07) is 2.78. The highest BCUT2D eigenvalue weighted by Gasteiger charge is 2.05. The molecule has 58 valence electrons. The number of nitrogens with one attached hydrogen (secondary N) is 1. The molecule has 3 N–H and O–H groups in total. The van der Waals surface area contributed by atoms with E-state index in [2.05, 4.69) is 10.4 Å². The Morgan fingerprint density at radius 2 is 2.45 bits per heavy atom. The van der Waals surface area contributed by atoms with Crippen LogP contribution in [0.15, 0.2) is 18.3 Å². The fourth-order valence-corrected chi connectivity index (χ4v) is 0.608. The number of nitrogen functional groups attached to an aromatic ring is 1. The predicted molar refractivity (Wildman–Crippen MR) is 38.7 cm³/mol. The molecule has 0 aliphatic heterocycles. The molecule has 0 aromatic carbocycles. The number of nitrogens with zero attached hydrogens (tertiary/aromatic N) is 2. The molecule has 0 spiro atoms. The maximum Gasteiger partial charge on any atom is 0.365 e. The number of aromatic nitrogens is 1. The third kappa shape index (κ3) is 1.62. The van der Waals surface area contributed by atoms with Gasteiger partial charge in [0.1, 0.15) is 6.20 Å². The molecule has 0 radical (unpaired) electrons. The monoisotopic (exact) mass is 154 g/mol. The second-order valence-corrected chi connectivity index (χ2v) is 1.80. The quantitative estimate of drug-likeness (QED) is 0.362. The summed E-state index contributed by atoms with van der Waals surface area (Å²) in [7, 11) is 0. The Bertz CT molecular complexity index is 275. The van der Waals surface area contributed by atoms with Crippen molar-refractivity contribution in [3.8, 4) is 0 Å². The van der Waals surface area contributed by atoms with E-state index < -0.39 is 4.92 Å². The minimum absolute atomic E-state index is 0.222. The minimum atomic E-state index is -0.582. The highest BCUT2D eigenvalue weighted by atomic mass is 16.6. The highest BCUT2D eigenvalue weighted by molar-refractivity contribution is 5.45. The number of hydrazine groups is 1. The molecule has 0 bridgehead atoms. The lowest BCUT2D eigenvalue weighted by Gasteiger charge is -1.96. The summed E-state index contributed by atoms with van der Waals surface area (Å²) < 4.78 is 0. The summed E-state index contributed by atoms with van der Waals surface area (Å²) in [5, 5.41) is 10.1. The third-order valence-electron chi connectivity index (χ3n) is 1.10. The molecule has 1 aromatic rings. The number of nitrogens with two attached hydrogens (primary N) is 1. The molecule has 0 saturated carbocycles. The predicted octanol–water partition coefficient (Wildman–Crippen LogP) is 0.275. The van der Waals surface area contributed by atoms with Crippen molar-refractivity contribution in [2.45, 2.75) is 0 Å². The molecule has 6 nitrogen and oxygen atoms in total. The number of rotatable bonds is 2. The molecule has 1 heterocycles. The van der Waals surface area contributed by atoms with E-state index in [0.29, 0.717) is 5.69 Å². The van der Waals surface area contributed by atoms with E-state index >= 15 is 0 Å². The lowest BCUT2D eigenvalue weighted by molar-refractivity contribution is -0.389. The van der Waals surface area contributed by atoms with Crippen molar-refractivity contribution < 1.29 is 4.92 Å². The number of pyridine rings is 1. The summed E-state index contributed by atoms with van der Waals surface area (Å²) in [4.78, 5) is 13.1. The van der Waals surface area contributed by atoms with E-state index in [1.54, 1.807) is 0 Å². The van der Waals surface area contributed by atoms with Gasteiger partial charge in [-0.3, -0.25) is 5.84 Å². The van der Waals surface area contributed by atoms with Gasteiger partial charge in [0, 0.05) is 6.07 Å². The molecule has 0 atom stereocenters. The van der Waals surface area contributed by atoms with Crippen LogP contribution in [0.25, 0.3) is 0 Å². The molecule has 0 saturated heterocycles. The summed E-state index contributed by atoms with van der Waals surface area (Å²) in [5.41, 5.74) is 2.74. The van der Waals surface area contributed by atoms with Crippen LogP contribution >= 0.6 is 0 Å². The maximum atomic E-state index is 10.1. The average molecular weight is 154 g/mol. The van der Waals surface area contributed by atoms with Crippen molar-refractivity contribution in [2.75, 3.05) is 5.43 Å². The van der Waals surface area contributed by atoms with Gasteiger partial charge in [-0.05, 0) is 9.91 Å². The van der Waals surface area contributed by atoms with Crippen LogP contribution in [-0.4, -0.2) is 9.91 Å². The van der Waals surface area contributed by atoms with E-state index in [4.69, 9.17) is 5.84 Å². The average Bonchev–Trinajstić information content (AvgIpc) is 2.05. The van der Waals surface area contributed by atoms with Gasteiger partial charge in [0.15, 0.2) is 0 Å². The fourth-order valence-electron chi connectivity index (χ4n) is 0.608. The van der Waals surface area contributed by atoms with Crippen LogP contribution in [0.4, 0.5) is 11.5 Å². The molecule has 0 aliphatic carbocycles. The first-order chi connectivity index (χ1) is 5.24. The molecule has 1 rings (SSSR count). The van der Waals surface area contributed by atoms with Crippen LogP contribution in [-0.2, 0) is 0 Å². The number of nitro groups is 1. The standard InChI is InChI=1S/C5H6N4O2/c6-8-4-1-2-7-5(3-4)9(10)11/h1-3H,6H2,(H,7,8). The van der Waals surface area contributed by atoms with Gasteiger partial charge < -0.3 is 15.5 Å². The molecule has 1 aromatic heterocycles. The first-order valence-corrected chi connectivity index (χ1v) is 2.81. The van der Waals surface area contributed by atoms with Gasteiger partial charge in [-0.1, -0.05) is 0 Å². The van der Waals surface area contributed by atoms with E-state index in [-0.39, 0.29) is 5.82 Å². The largest absolute Gasteiger partial charge is 0.365 e. The van der Waals surface area contributed by atoms with Crippen LogP contribution in [0.3, 0.4) is 0 Å².